The first kappa shape index (κ1) is 16.2. The van der Waals surface area contributed by atoms with Gasteiger partial charge in [0.05, 0.1) is 6.20 Å². The summed E-state index contributed by atoms with van der Waals surface area (Å²) in [5, 5.41) is 4.16. The van der Waals surface area contributed by atoms with Gasteiger partial charge in [0.2, 0.25) is 0 Å². The lowest BCUT2D eigenvalue weighted by atomic mass is 10.1. The maximum absolute atomic E-state index is 13.3. The molecule has 0 atom stereocenters. The topological polar surface area (TPSA) is 38.1 Å². The number of fused-ring (bicyclic) bond motifs is 1. The Kier molecular flexibility index (Phi) is 4.34. The van der Waals surface area contributed by atoms with Gasteiger partial charge in [0.25, 0.3) is 5.91 Å². The third kappa shape index (κ3) is 3.30. The number of aromatic nitrogens is 2. The van der Waals surface area contributed by atoms with Crippen LogP contribution in [0.3, 0.4) is 0 Å². The summed E-state index contributed by atoms with van der Waals surface area (Å²) in [6, 6.07) is 4.35. The zero-order valence-corrected chi connectivity index (χ0v) is 14.1. The third-order valence-corrected chi connectivity index (χ3v) is 4.16. The summed E-state index contributed by atoms with van der Waals surface area (Å²) in [5.41, 5.74) is 4.61. The van der Waals surface area contributed by atoms with Crippen LogP contribution >= 0.6 is 0 Å². The molecule has 0 N–H and O–H groups in total. The van der Waals surface area contributed by atoms with E-state index in [0.29, 0.717) is 18.7 Å². The monoisotopic (exact) mass is 325 g/mol. The number of nitrogens with zero attached hydrogens (tertiary/aromatic N) is 3. The zero-order chi connectivity index (χ0) is 17.3. The maximum atomic E-state index is 13.3. The smallest absolute Gasteiger partial charge is 0.254 e. The molecule has 0 radical (unpaired) electrons. The van der Waals surface area contributed by atoms with E-state index in [1.165, 1.54) is 12.1 Å². The number of carbonyl (C=O) groups is 1. The Balaban J connectivity index is 1.69. The Labute approximate surface area is 140 Å². The lowest BCUT2D eigenvalue weighted by Crippen LogP contribution is -2.25. The Morgan fingerprint density at radius 3 is 2.83 bits per heavy atom. The van der Waals surface area contributed by atoms with Crippen LogP contribution in [-0.2, 0) is 13.6 Å². The Morgan fingerprint density at radius 2 is 2.12 bits per heavy atom. The summed E-state index contributed by atoms with van der Waals surface area (Å²) in [7, 11) is 1.89. The van der Waals surface area contributed by atoms with Gasteiger partial charge >= 0.3 is 0 Å². The molecular formula is C19H20FN3O. The predicted octanol–water partition coefficient (Wildman–Crippen LogP) is 3.56. The van der Waals surface area contributed by atoms with Crippen LogP contribution in [-0.4, -0.2) is 27.1 Å². The Morgan fingerprint density at radius 1 is 1.33 bits per heavy atom. The zero-order valence-electron chi connectivity index (χ0n) is 14.1. The van der Waals surface area contributed by atoms with Crippen LogP contribution in [0.1, 0.15) is 35.3 Å². The molecule has 2 heterocycles. The van der Waals surface area contributed by atoms with Crippen LogP contribution in [0.25, 0.3) is 5.57 Å². The number of aryl methyl sites for hydroxylation is 1. The highest BCUT2D eigenvalue weighted by molar-refractivity contribution is 5.98. The van der Waals surface area contributed by atoms with Gasteiger partial charge in [-0.2, -0.15) is 5.10 Å². The average molecular weight is 325 g/mol. The molecule has 1 aromatic heterocycles. The van der Waals surface area contributed by atoms with Crippen molar-refractivity contribution in [2.24, 2.45) is 7.05 Å². The van der Waals surface area contributed by atoms with Crippen molar-refractivity contribution in [3.8, 4) is 0 Å². The fourth-order valence-electron chi connectivity index (χ4n) is 2.82. The van der Waals surface area contributed by atoms with Gasteiger partial charge < -0.3 is 4.90 Å². The van der Waals surface area contributed by atoms with Gasteiger partial charge in [-0.1, -0.05) is 17.7 Å². The van der Waals surface area contributed by atoms with Gasteiger partial charge in [-0.15, -0.1) is 0 Å². The molecule has 124 valence electrons. The fourth-order valence-corrected chi connectivity index (χ4v) is 2.82. The number of hydrogen-bond acceptors (Lipinski definition) is 2. The number of allylic oxidation sites excluding steroid dienone is 3. The highest BCUT2D eigenvalue weighted by Crippen LogP contribution is 2.24. The van der Waals surface area contributed by atoms with E-state index in [2.05, 4.69) is 5.10 Å². The first-order chi connectivity index (χ1) is 11.4. The standard InChI is InChI=1S/C19H20FN3O/c1-13(4-5-14(2)16-9-21-22(3)11-16)10-23-12-15-8-17(20)6-7-18(15)19(23)24/h4-9,11H,10,12H2,1-3H3/b13-4+,14-5+. The molecule has 4 nitrogen and oxygen atoms in total. The molecule has 24 heavy (non-hydrogen) atoms. The van der Waals surface area contributed by atoms with E-state index in [-0.39, 0.29) is 11.7 Å². The van der Waals surface area contributed by atoms with E-state index in [4.69, 9.17) is 0 Å². The van der Waals surface area contributed by atoms with Crippen LogP contribution < -0.4 is 0 Å². The predicted molar refractivity (Wildman–Crippen MR) is 91.8 cm³/mol. The molecular weight excluding hydrogens is 305 g/mol. The highest BCUT2D eigenvalue weighted by Gasteiger charge is 2.27. The highest BCUT2D eigenvalue weighted by atomic mass is 19.1. The van der Waals surface area contributed by atoms with Crippen LogP contribution in [0.5, 0.6) is 0 Å². The second-order valence-electron chi connectivity index (χ2n) is 6.23. The second-order valence-corrected chi connectivity index (χ2v) is 6.23. The van der Waals surface area contributed by atoms with Crippen molar-refractivity contribution >= 4 is 11.5 Å². The number of carbonyl (C=O) groups excluding carboxylic acids is 1. The van der Waals surface area contributed by atoms with Gasteiger partial charge in [-0.3, -0.25) is 9.48 Å². The first-order valence-corrected chi connectivity index (χ1v) is 7.85. The molecule has 0 spiro atoms. The SMILES string of the molecule is C/C(=C\C=C(/C)c1cnn(C)c1)CN1Cc2cc(F)ccc2C1=O. The minimum atomic E-state index is -0.300. The number of benzene rings is 1. The van der Waals surface area contributed by atoms with Crippen molar-refractivity contribution in [2.75, 3.05) is 6.54 Å². The number of halogens is 1. The second kappa shape index (κ2) is 6.43. The molecule has 0 aliphatic carbocycles. The summed E-state index contributed by atoms with van der Waals surface area (Å²) in [4.78, 5) is 14.1. The van der Waals surface area contributed by atoms with Crippen molar-refractivity contribution in [1.82, 2.24) is 14.7 Å². The third-order valence-electron chi connectivity index (χ3n) is 4.16. The molecule has 0 bridgehead atoms. The van der Waals surface area contributed by atoms with Crippen molar-refractivity contribution in [3.05, 3.63) is 70.8 Å². The summed E-state index contributed by atoms with van der Waals surface area (Å²) in [6.07, 6.45) is 7.83. The van der Waals surface area contributed by atoms with Crippen molar-refractivity contribution < 1.29 is 9.18 Å². The van der Waals surface area contributed by atoms with E-state index < -0.39 is 0 Å². The van der Waals surface area contributed by atoms with Crippen LogP contribution in [0.4, 0.5) is 4.39 Å². The van der Waals surface area contributed by atoms with Crippen LogP contribution in [0.15, 0.2) is 48.3 Å². The molecule has 2 aromatic rings. The molecule has 3 rings (SSSR count). The van der Waals surface area contributed by atoms with E-state index in [1.807, 2.05) is 45.4 Å². The van der Waals surface area contributed by atoms with Crippen LogP contribution in [0.2, 0.25) is 0 Å². The van der Waals surface area contributed by atoms with Crippen molar-refractivity contribution in [1.29, 1.82) is 0 Å². The van der Waals surface area contributed by atoms with Crippen molar-refractivity contribution in [3.63, 3.8) is 0 Å². The van der Waals surface area contributed by atoms with Crippen LogP contribution in [0, 0.1) is 5.82 Å². The summed E-state index contributed by atoms with van der Waals surface area (Å²) in [6.45, 7) is 5.01. The van der Waals surface area contributed by atoms with E-state index >= 15 is 0 Å². The van der Waals surface area contributed by atoms with Gasteiger partial charge in [0.15, 0.2) is 0 Å². The minimum absolute atomic E-state index is 0.0364. The maximum Gasteiger partial charge on any atom is 0.254 e. The molecule has 1 amide bonds. The summed E-state index contributed by atoms with van der Waals surface area (Å²) in [5.74, 6) is -0.337. The number of rotatable bonds is 4. The average Bonchev–Trinajstić information content (AvgIpc) is 3.09. The van der Waals surface area contributed by atoms with Crippen molar-refractivity contribution in [2.45, 2.75) is 20.4 Å². The largest absolute Gasteiger partial charge is 0.330 e. The summed E-state index contributed by atoms with van der Waals surface area (Å²) >= 11 is 0. The van der Waals surface area contributed by atoms with E-state index in [1.54, 1.807) is 15.6 Å². The quantitative estimate of drug-likeness (QED) is 0.806. The molecule has 0 fully saturated rings. The van der Waals surface area contributed by atoms with E-state index in [0.717, 1.165) is 22.3 Å². The molecule has 5 heteroatoms. The molecule has 0 saturated heterocycles. The molecule has 1 aliphatic heterocycles. The van der Waals surface area contributed by atoms with E-state index in [9.17, 15) is 9.18 Å². The summed E-state index contributed by atoms with van der Waals surface area (Å²) < 4.78 is 15.1. The fraction of sp³-hybridized carbons (Fsp3) is 0.263. The minimum Gasteiger partial charge on any atom is -0.330 e. The molecule has 1 aromatic carbocycles. The van der Waals surface area contributed by atoms with Gasteiger partial charge in [0.1, 0.15) is 5.82 Å². The van der Waals surface area contributed by atoms with Gasteiger partial charge in [-0.05, 0) is 43.2 Å². The Bertz CT molecular complexity index is 848. The molecule has 1 aliphatic rings. The molecule has 0 saturated carbocycles. The number of amides is 1. The molecule has 0 unspecified atom stereocenters. The Hall–Kier alpha value is -2.69. The lowest BCUT2D eigenvalue weighted by molar-refractivity contribution is 0.0792. The van der Waals surface area contributed by atoms with Gasteiger partial charge in [0, 0.05) is 37.5 Å². The lowest BCUT2D eigenvalue weighted by Gasteiger charge is -2.15. The first-order valence-electron chi connectivity index (χ1n) is 7.85. The normalized spacial score (nSPS) is 15.2. The van der Waals surface area contributed by atoms with Gasteiger partial charge in [-0.25, -0.2) is 4.39 Å². The number of hydrogen-bond donors (Lipinski definition) is 0.